The molecule has 1 aliphatic rings. The van der Waals surface area contributed by atoms with Gasteiger partial charge in [-0.3, -0.25) is 9.59 Å². The molecule has 1 aliphatic heterocycles. The molecule has 27 heavy (non-hydrogen) atoms. The molecule has 1 fully saturated rings. The molecule has 1 unspecified atom stereocenters. The van der Waals surface area contributed by atoms with Crippen molar-refractivity contribution < 1.29 is 27.9 Å². The second kappa shape index (κ2) is 9.29. The third-order valence-electron chi connectivity index (χ3n) is 4.45. The summed E-state index contributed by atoms with van der Waals surface area (Å²) in [6.07, 6.45) is 1.31. The van der Waals surface area contributed by atoms with Gasteiger partial charge in [-0.15, -0.1) is 0 Å². The third-order valence-corrected chi connectivity index (χ3v) is 6.13. The first-order valence-electron chi connectivity index (χ1n) is 8.92. The highest BCUT2D eigenvalue weighted by Crippen LogP contribution is 2.24. The van der Waals surface area contributed by atoms with Crippen molar-refractivity contribution in [1.82, 2.24) is 10.0 Å². The largest absolute Gasteiger partial charge is 0.481 e. The van der Waals surface area contributed by atoms with Crippen molar-refractivity contribution in [2.75, 3.05) is 19.8 Å². The van der Waals surface area contributed by atoms with Gasteiger partial charge in [0.1, 0.15) is 0 Å². The minimum absolute atomic E-state index is 0.0216. The van der Waals surface area contributed by atoms with Gasteiger partial charge in [0.25, 0.3) is 5.91 Å². The number of ether oxygens (including phenoxy) is 1. The molecule has 0 aromatic heterocycles. The first-order valence-corrected chi connectivity index (χ1v) is 10.4. The van der Waals surface area contributed by atoms with Crippen LogP contribution in [0.2, 0.25) is 0 Å². The summed E-state index contributed by atoms with van der Waals surface area (Å²) in [5.74, 6) is -2.09. The molecule has 1 saturated heterocycles. The van der Waals surface area contributed by atoms with E-state index in [0.717, 1.165) is 0 Å². The van der Waals surface area contributed by atoms with Crippen LogP contribution in [-0.4, -0.2) is 51.2 Å². The maximum Gasteiger partial charge on any atom is 0.308 e. The van der Waals surface area contributed by atoms with Gasteiger partial charge in [-0.1, -0.05) is 0 Å². The molecular formula is C18H26N2O6S. The van der Waals surface area contributed by atoms with Gasteiger partial charge in [-0.2, -0.15) is 0 Å². The van der Waals surface area contributed by atoms with Crippen molar-refractivity contribution in [3.8, 4) is 0 Å². The second-order valence-electron chi connectivity index (χ2n) is 6.90. The van der Waals surface area contributed by atoms with Gasteiger partial charge in [0.2, 0.25) is 10.0 Å². The van der Waals surface area contributed by atoms with Crippen LogP contribution in [0.15, 0.2) is 29.2 Å². The summed E-state index contributed by atoms with van der Waals surface area (Å²) in [4.78, 5) is 23.9. The number of carbonyl (C=O) groups is 2. The lowest BCUT2D eigenvalue weighted by molar-refractivity contribution is -0.144. The van der Waals surface area contributed by atoms with Gasteiger partial charge in [0.05, 0.1) is 10.8 Å². The van der Waals surface area contributed by atoms with Crippen LogP contribution >= 0.6 is 0 Å². The molecule has 0 saturated carbocycles. The Balaban J connectivity index is 1.99. The van der Waals surface area contributed by atoms with E-state index < -0.39 is 27.8 Å². The highest BCUT2D eigenvalue weighted by atomic mass is 32.2. The van der Waals surface area contributed by atoms with Crippen LogP contribution < -0.4 is 10.0 Å². The number of rotatable bonds is 8. The molecular weight excluding hydrogens is 372 g/mol. The third kappa shape index (κ3) is 6.02. The Bertz CT molecular complexity index is 755. The highest BCUT2D eigenvalue weighted by molar-refractivity contribution is 7.89. The molecule has 0 aliphatic carbocycles. The average molecular weight is 398 g/mol. The number of carboxylic acids is 1. The second-order valence-corrected chi connectivity index (χ2v) is 8.62. The summed E-state index contributed by atoms with van der Waals surface area (Å²) < 4.78 is 31.9. The van der Waals surface area contributed by atoms with Crippen molar-refractivity contribution in [3.63, 3.8) is 0 Å². The van der Waals surface area contributed by atoms with E-state index in [2.05, 4.69) is 10.0 Å². The zero-order valence-corrected chi connectivity index (χ0v) is 16.3. The van der Waals surface area contributed by atoms with E-state index in [1.54, 1.807) is 13.8 Å². The maximum atomic E-state index is 12.3. The van der Waals surface area contributed by atoms with Gasteiger partial charge < -0.3 is 15.2 Å². The lowest BCUT2D eigenvalue weighted by atomic mass is 9.86. The Morgan fingerprint density at radius 2 is 1.78 bits per heavy atom. The molecule has 2 rings (SSSR count). The van der Waals surface area contributed by atoms with Crippen LogP contribution in [0.25, 0.3) is 0 Å². The Morgan fingerprint density at radius 1 is 1.19 bits per heavy atom. The monoisotopic (exact) mass is 398 g/mol. The fourth-order valence-electron chi connectivity index (χ4n) is 3.04. The summed E-state index contributed by atoms with van der Waals surface area (Å²) in [6, 6.07) is 5.29. The SMILES string of the molecule is CC(C)NS(=O)(=O)c1ccc(C(=O)NCC(C(=O)O)C2CCOCC2)cc1. The van der Waals surface area contributed by atoms with E-state index in [9.17, 15) is 23.1 Å². The van der Waals surface area contributed by atoms with Crippen LogP contribution in [0.3, 0.4) is 0 Å². The van der Waals surface area contributed by atoms with Crippen LogP contribution in [0, 0.1) is 11.8 Å². The van der Waals surface area contributed by atoms with Crippen molar-refractivity contribution in [3.05, 3.63) is 29.8 Å². The molecule has 1 aromatic carbocycles. The Morgan fingerprint density at radius 3 is 2.30 bits per heavy atom. The molecule has 1 heterocycles. The fourth-order valence-corrected chi connectivity index (χ4v) is 4.29. The molecule has 8 nitrogen and oxygen atoms in total. The molecule has 0 radical (unpaired) electrons. The minimum atomic E-state index is -3.62. The van der Waals surface area contributed by atoms with Crippen molar-refractivity contribution in [2.24, 2.45) is 11.8 Å². The molecule has 9 heteroatoms. The van der Waals surface area contributed by atoms with E-state index >= 15 is 0 Å². The number of benzene rings is 1. The standard InChI is InChI=1S/C18H26N2O6S/c1-12(2)20-27(24,25)15-5-3-14(4-6-15)17(21)19-11-16(18(22)23)13-7-9-26-10-8-13/h3-6,12-13,16,20H,7-11H2,1-2H3,(H,19,21)(H,22,23). The maximum absolute atomic E-state index is 12.3. The quantitative estimate of drug-likeness (QED) is 0.605. The number of aliphatic carboxylic acids is 1. The number of amides is 1. The molecule has 0 spiro atoms. The first kappa shape index (κ1) is 21.3. The van der Waals surface area contributed by atoms with Gasteiger partial charge in [-0.25, -0.2) is 13.1 Å². The topological polar surface area (TPSA) is 122 Å². The molecule has 1 amide bonds. The summed E-state index contributed by atoms with van der Waals surface area (Å²) in [6.45, 7) is 4.52. The van der Waals surface area contributed by atoms with Gasteiger partial charge in [0, 0.05) is 31.4 Å². The number of nitrogens with one attached hydrogen (secondary N) is 2. The molecule has 150 valence electrons. The number of hydrogen-bond acceptors (Lipinski definition) is 5. The normalized spacial score (nSPS) is 16.9. The van der Waals surface area contributed by atoms with E-state index in [1.807, 2.05) is 0 Å². The highest BCUT2D eigenvalue weighted by Gasteiger charge is 2.30. The Kier molecular flexibility index (Phi) is 7.34. The number of sulfonamides is 1. The molecule has 0 bridgehead atoms. The van der Waals surface area contributed by atoms with Gasteiger partial charge in [0.15, 0.2) is 0 Å². The van der Waals surface area contributed by atoms with Crippen molar-refractivity contribution >= 4 is 21.9 Å². The summed E-state index contributed by atoms with van der Waals surface area (Å²) in [7, 11) is -3.62. The predicted molar refractivity (Wildman–Crippen MR) is 98.9 cm³/mol. The first-order chi connectivity index (χ1) is 12.7. The lowest BCUT2D eigenvalue weighted by Gasteiger charge is -2.27. The van der Waals surface area contributed by atoms with Crippen LogP contribution in [-0.2, 0) is 19.6 Å². The summed E-state index contributed by atoms with van der Waals surface area (Å²) in [5.41, 5.74) is 0.273. The van der Waals surface area contributed by atoms with Crippen molar-refractivity contribution in [1.29, 1.82) is 0 Å². The van der Waals surface area contributed by atoms with E-state index in [1.165, 1.54) is 24.3 Å². The fraction of sp³-hybridized carbons (Fsp3) is 0.556. The van der Waals surface area contributed by atoms with Crippen LogP contribution in [0.5, 0.6) is 0 Å². The molecule has 1 aromatic rings. The lowest BCUT2D eigenvalue weighted by Crippen LogP contribution is -2.39. The van der Waals surface area contributed by atoms with E-state index in [0.29, 0.717) is 26.1 Å². The van der Waals surface area contributed by atoms with Gasteiger partial charge in [-0.05, 0) is 56.9 Å². The molecule has 3 N–H and O–H groups in total. The predicted octanol–water partition coefficient (Wildman–Crippen LogP) is 1.23. The zero-order valence-electron chi connectivity index (χ0n) is 15.5. The van der Waals surface area contributed by atoms with Crippen LogP contribution in [0.4, 0.5) is 0 Å². The van der Waals surface area contributed by atoms with Crippen molar-refractivity contribution in [2.45, 2.75) is 37.6 Å². The number of carboxylic acid groups (broad SMARTS) is 1. The minimum Gasteiger partial charge on any atom is -0.481 e. The van der Waals surface area contributed by atoms with Crippen LogP contribution in [0.1, 0.15) is 37.0 Å². The smallest absolute Gasteiger partial charge is 0.308 e. The zero-order chi connectivity index (χ0) is 20.0. The van der Waals surface area contributed by atoms with Gasteiger partial charge >= 0.3 is 5.97 Å². The number of hydrogen-bond donors (Lipinski definition) is 3. The summed E-state index contributed by atoms with van der Waals surface area (Å²) in [5, 5.41) is 12.1. The van der Waals surface area contributed by atoms with E-state index in [4.69, 9.17) is 4.74 Å². The molecule has 1 atom stereocenters. The Labute approximate surface area is 159 Å². The average Bonchev–Trinajstić information content (AvgIpc) is 2.61. The summed E-state index contributed by atoms with van der Waals surface area (Å²) >= 11 is 0. The Hall–Kier alpha value is -1.97. The van der Waals surface area contributed by atoms with E-state index in [-0.39, 0.29) is 29.0 Å². The number of carbonyl (C=O) groups excluding carboxylic acids is 1.